The zero-order chi connectivity index (χ0) is 41.4. The highest BCUT2D eigenvalue weighted by Gasteiger charge is 2.24. The molecule has 9 aromatic carbocycles. The second-order valence-electron chi connectivity index (χ2n) is 16.0. The predicted molar refractivity (Wildman–Crippen MR) is 258 cm³/mol. The molecule has 0 spiro atoms. The van der Waals surface area contributed by atoms with Crippen molar-refractivity contribution in [1.82, 2.24) is 24.1 Å². The minimum absolute atomic E-state index is 0.533. The molecule has 0 atom stereocenters. The molecule has 0 N–H and O–H groups in total. The third kappa shape index (κ3) is 5.62. The van der Waals surface area contributed by atoms with Crippen LogP contribution in [0.1, 0.15) is 0 Å². The summed E-state index contributed by atoms with van der Waals surface area (Å²) in [5, 5.41) is 6.67. The smallest absolute Gasteiger partial charge is 0.238 e. The van der Waals surface area contributed by atoms with Gasteiger partial charge in [-0.25, -0.2) is 4.98 Å². The number of fused-ring (bicyclic) bond motifs is 10. The van der Waals surface area contributed by atoms with Crippen LogP contribution < -0.4 is 0 Å². The minimum atomic E-state index is 0.533. The Hall–Kier alpha value is -8.61. The van der Waals surface area contributed by atoms with Crippen LogP contribution in [-0.4, -0.2) is 24.1 Å². The Morgan fingerprint density at radius 2 is 0.810 bits per heavy atom. The molecule has 0 aliphatic rings. The van der Waals surface area contributed by atoms with E-state index >= 15 is 0 Å². The molecule has 0 saturated heterocycles. The summed E-state index contributed by atoms with van der Waals surface area (Å²) in [4.78, 5) is 15.8. The van der Waals surface area contributed by atoms with Gasteiger partial charge in [0.25, 0.3) is 0 Å². The van der Waals surface area contributed by atoms with Crippen molar-refractivity contribution in [2.75, 3.05) is 0 Å². The van der Waals surface area contributed by atoms with Gasteiger partial charge in [-0.15, -0.1) is 0 Å². The van der Waals surface area contributed by atoms with Crippen molar-refractivity contribution in [2.45, 2.75) is 0 Å². The summed E-state index contributed by atoms with van der Waals surface area (Å²) in [5.41, 5.74) is 13.3. The van der Waals surface area contributed by atoms with Gasteiger partial charge >= 0.3 is 0 Å². The van der Waals surface area contributed by atoms with E-state index in [0.717, 1.165) is 88.1 Å². The van der Waals surface area contributed by atoms with Crippen LogP contribution in [0.5, 0.6) is 0 Å². The molecule has 0 aliphatic carbocycles. The van der Waals surface area contributed by atoms with E-state index in [0.29, 0.717) is 17.6 Å². The SMILES string of the molecule is c1ccc(-c2cccc(-c3cccc(-n4c5ccccc5c5ccc6c7ccccc7n(-c7nc(-c8ccccc8)nc(-c8ccc9c(c8)oc8ccccc89)n7)c6c54)c3)c2)cc1. The maximum Gasteiger partial charge on any atom is 0.238 e. The summed E-state index contributed by atoms with van der Waals surface area (Å²) in [6.07, 6.45) is 0. The number of furan rings is 1. The molecule has 0 fully saturated rings. The number of rotatable bonds is 6. The lowest BCUT2D eigenvalue weighted by Crippen LogP contribution is -2.07. The van der Waals surface area contributed by atoms with Gasteiger partial charge in [-0.3, -0.25) is 4.57 Å². The molecule has 294 valence electrons. The Balaban J connectivity index is 1.09. The lowest BCUT2D eigenvalue weighted by Gasteiger charge is -2.14. The van der Waals surface area contributed by atoms with Crippen molar-refractivity contribution in [3.63, 3.8) is 0 Å². The van der Waals surface area contributed by atoms with Crippen LogP contribution in [0.3, 0.4) is 0 Å². The first-order valence-electron chi connectivity index (χ1n) is 21.2. The van der Waals surface area contributed by atoms with Crippen LogP contribution in [0.2, 0.25) is 0 Å². The highest BCUT2D eigenvalue weighted by Crippen LogP contribution is 2.42. The van der Waals surface area contributed by atoms with E-state index < -0.39 is 0 Å². The average Bonchev–Trinajstić information content (AvgIpc) is 4.02. The van der Waals surface area contributed by atoms with Gasteiger partial charge in [-0.2, -0.15) is 9.97 Å². The monoisotopic (exact) mass is 805 g/mol. The first-order chi connectivity index (χ1) is 31.2. The van der Waals surface area contributed by atoms with Crippen LogP contribution in [0.4, 0.5) is 0 Å². The number of aromatic nitrogens is 5. The van der Waals surface area contributed by atoms with Gasteiger partial charge in [-0.05, 0) is 70.8 Å². The van der Waals surface area contributed by atoms with Crippen molar-refractivity contribution in [1.29, 1.82) is 0 Å². The molecule has 0 unspecified atom stereocenters. The van der Waals surface area contributed by atoms with Gasteiger partial charge in [0.15, 0.2) is 11.6 Å². The Morgan fingerprint density at radius 3 is 1.54 bits per heavy atom. The average molecular weight is 806 g/mol. The van der Waals surface area contributed by atoms with Crippen LogP contribution in [0.15, 0.2) is 217 Å². The van der Waals surface area contributed by atoms with E-state index in [9.17, 15) is 0 Å². The maximum atomic E-state index is 6.36. The van der Waals surface area contributed by atoms with Gasteiger partial charge in [0.2, 0.25) is 5.95 Å². The molecule has 6 nitrogen and oxygen atoms in total. The lowest BCUT2D eigenvalue weighted by molar-refractivity contribution is 0.669. The fraction of sp³-hybridized carbons (Fsp3) is 0. The van der Waals surface area contributed by atoms with Crippen molar-refractivity contribution < 1.29 is 4.42 Å². The largest absolute Gasteiger partial charge is 0.456 e. The standard InChI is InChI=1S/C57H35N5O/c1-3-15-36(16-4-1)38-19-13-20-39(33-38)40-21-14-22-42(34-40)61-49-26-10-7-23-43(49)47-31-32-48-44-24-8-11-27-50(44)62(54(48)53(47)61)57-59-55(37-17-5-2-6-18-37)58-56(60-57)41-29-30-46-45-25-9-12-28-51(45)63-52(46)35-41/h1-35H. The zero-order valence-electron chi connectivity index (χ0n) is 33.9. The van der Waals surface area contributed by atoms with Gasteiger partial charge in [0.1, 0.15) is 11.2 Å². The molecule has 0 amide bonds. The topological polar surface area (TPSA) is 61.7 Å². The molecular formula is C57H35N5O. The normalized spacial score (nSPS) is 11.8. The van der Waals surface area contributed by atoms with Crippen molar-refractivity contribution >= 4 is 65.6 Å². The molecule has 0 aliphatic heterocycles. The molecule has 13 aromatic rings. The number of para-hydroxylation sites is 3. The molecule has 0 radical (unpaired) electrons. The Kier molecular flexibility index (Phi) is 7.80. The number of nitrogens with zero attached hydrogens (tertiary/aromatic N) is 5. The fourth-order valence-electron chi connectivity index (χ4n) is 9.49. The number of benzene rings is 9. The minimum Gasteiger partial charge on any atom is -0.456 e. The van der Waals surface area contributed by atoms with Crippen LogP contribution in [-0.2, 0) is 0 Å². The molecule has 4 aromatic heterocycles. The third-order valence-corrected chi connectivity index (χ3v) is 12.4. The maximum absolute atomic E-state index is 6.36. The van der Waals surface area contributed by atoms with E-state index in [1.165, 1.54) is 16.5 Å². The molecular weight excluding hydrogens is 771 g/mol. The Labute approximate surface area is 361 Å². The molecule has 13 rings (SSSR count). The molecule has 0 bridgehead atoms. The second-order valence-corrected chi connectivity index (χ2v) is 16.0. The number of hydrogen-bond donors (Lipinski definition) is 0. The quantitative estimate of drug-likeness (QED) is 0.168. The van der Waals surface area contributed by atoms with Gasteiger partial charge < -0.3 is 8.98 Å². The second kappa shape index (κ2) is 14.0. The van der Waals surface area contributed by atoms with Gasteiger partial charge in [0.05, 0.1) is 22.1 Å². The summed E-state index contributed by atoms with van der Waals surface area (Å²) in [7, 11) is 0. The molecule has 63 heavy (non-hydrogen) atoms. The predicted octanol–water partition coefficient (Wildman–Crippen LogP) is 14.6. The summed E-state index contributed by atoms with van der Waals surface area (Å²) in [5.74, 6) is 1.68. The van der Waals surface area contributed by atoms with Crippen LogP contribution >= 0.6 is 0 Å². The van der Waals surface area contributed by atoms with Crippen molar-refractivity contribution in [3.05, 3.63) is 212 Å². The van der Waals surface area contributed by atoms with Crippen molar-refractivity contribution in [3.8, 4) is 56.7 Å². The zero-order valence-corrected chi connectivity index (χ0v) is 33.9. The summed E-state index contributed by atoms with van der Waals surface area (Å²) in [6.45, 7) is 0. The lowest BCUT2D eigenvalue weighted by atomic mass is 9.99. The van der Waals surface area contributed by atoms with E-state index in [1.54, 1.807) is 0 Å². The summed E-state index contributed by atoms with van der Waals surface area (Å²) >= 11 is 0. The van der Waals surface area contributed by atoms with E-state index in [4.69, 9.17) is 19.4 Å². The molecule has 0 saturated carbocycles. The first-order valence-corrected chi connectivity index (χ1v) is 21.2. The van der Waals surface area contributed by atoms with E-state index in [2.05, 4.69) is 179 Å². The summed E-state index contributed by atoms with van der Waals surface area (Å²) in [6, 6.07) is 74.6. The van der Waals surface area contributed by atoms with Gasteiger partial charge in [-0.1, -0.05) is 164 Å². The fourth-order valence-corrected chi connectivity index (χ4v) is 9.49. The third-order valence-electron chi connectivity index (χ3n) is 12.4. The molecule has 4 heterocycles. The molecule has 6 heteroatoms. The van der Waals surface area contributed by atoms with Crippen LogP contribution in [0.25, 0.3) is 122 Å². The first kappa shape index (κ1) is 35.2. The van der Waals surface area contributed by atoms with Gasteiger partial charge in [0, 0.05) is 49.1 Å². The van der Waals surface area contributed by atoms with Crippen LogP contribution in [0, 0.1) is 0 Å². The number of hydrogen-bond acceptors (Lipinski definition) is 4. The Bertz CT molecular complexity index is 3920. The highest BCUT2D eigenvalue weighted by molar-refractivity contribution is 6.23. The summed E-state index contributed by atoms with van der Waals surface area (Å²) < 4.78 is 11.0. The van der Waals surface area contributed by atoms with E-state index in [-0.39, 0.29) is 0 Å². The van der Waals surface area contributed by atoms with Crippen molar-refractivity contribution in [2.24, 2.45) is 0 Å². The highest BCUT2D eigenvalue weighted by atomic mass is 16.3. The van der Waals surface area contributed by atoms with E-state index in [1.807, 2.05) is 42.5 Å². The Morgan fingerprint density at radius 1 is 0.302 bits per heavy atom.